The summed E-state index contributed by atoms with van der Waals surface area (Å²) in [6.07, 6.45) is 4.66. The predicted octanol–water partition coefficient (Wildman–Crippen LogP) is 2.59. The predicted molar refractivity (Wildman–Crippen MR) is 137 cm³/mol. The van der Waals surface area contributed by atoms with Gasteiger partial charge in [0.25, 0.3) is 5.91 Å². The molecule has 1 unspecified atom stereocenters. The smallest absolute Gasteiger partial charge is 0.257 e. The van der Waals surface area contributed by atoms with Crippen LogP contribution in [0.4, 0.5) is 8.78 Å². The van der Waals surface area contributed by atoms with Gasteiger partial charge in [0, 0.05) is 54.1 Å². The maximum absolute atomic E-state index is 14.0. The van der Waals surface area contributed by atoms with Crippen LogP contribution in [-0.4, -0.2) is 58.8 Å². The van der Waals surface area contributed by atoms with E-state index in [1.165, 1.54) is 16.9 Å². The number of piperidine rings is 1. The normalized spacial score (nSPS) is 24.1. The molecule has 1 amide bonds. The Labute approximate surface area is 227 Å². The second-order valence-corrected chi connectivity index (χ2v) is 11.1. The Morgan fingerprint density at radius 1 is 1.20 bits per heavy atom. The van der Waals surface area contributed by atoms with Gasteiger partial charge in [0.2, 0.25) is 11.8 Å². The molecule has 3 aromatic heterocycles. The molecule has 40 heavy (non-hydrogen) atoms. The Kier molecular flexibility index (Phi) is 5.17. The minimum absolute atomic E-state index is 0.143. The molecule has 10 nitrogen and oxygen atoms in total. The van der Waals surface area contributed by atoms with Gasteiger partial charge in [-0.1, -0.05) is 0 Å². The van der Waals surface area contributed by atoms with Gasteiger partial charge in [-0.25, -0.2) is 28.4 Å². The maximum Gasteiger partial charge on any atom is 0.257 e. The number of nitrogens with zero attached hydrogens (tertiary/aromatic N) is 6. The first-order chi connectivity index (χ1) is 19.1. The van der Waals surface area contributed by atoms with Crippen molar-refractivity contribution in [2.75, 3.05) is 6.54 Å². The van der Waals surface area contributed by atoms with E-state index in [9.17, 15) is 18.7 Å². The van der Waals surface area contributed by atoms with Gasteiger partial charge in [-0.3, -0.25) is 4.79 Å². The number of aliphatic hydroxyl groups is 1. The second-order valence-electron chi connectivity index (χ2n) is 11.1. The maximum atomic E-state index is 14.0. The number of pyridine rings is 1. The Balaban J connectivity index is 1.16. The number of benzene rings is 1. The van der Waals surface area contributed by atoms with Crippen molar-refractivity contribution in [1.82, 2.24) is 29.6 Å². The zero-order valence-electron chi connectivity index (χ0n) is 21.6. The number of carbonyl (C=O) groups is 1. The zero-order valence-corrected chi connectivity index (χ0v) is 21.6. The number of nitrogens with two attached hydrogens (primary N) is 1. The summed E-state index contributed by atoms with van der Waals surface area (Å²) in [6, 6.07) is 8.63. The third-order valence-corrected chi connectivity index (χ3v) is 8.08. The van der Waals surface area contributed by atoms with E-state index in [1.54, 1.807) is 35.5 Å². The van der Waals surface area contributed by atoms with E-state index < -0.39 is 29.4 Å². The van der Waals surface area contributed by atoms with E-state index in [0.717, 1.165) is 17.7 Å². The van der Waals surface area contributed by atoms with Gasteiger partial charge in [0.05, 0.1) is 23.9 Å². The van der Waals surface area contributed by atoms with Crippen LogP contribution in [0.5, 0.6) is 5.88 Å². The van der Waals surface area contributed by atoms with Gasteiger partial charge in [0.1, 0.15) is 11.3 Å². The lowest BCUT2D eigenvalue weighted by Crippen LogP contribution is -2.33. The van der Waals surface area contributed by atoms with Gasteiger partial charge >= 0.3 is 0 Å². The third kappa shape index (κ3) is 3.63. The Bertz CT molecular complexity index is 1670. The first kappa shape index (κ1) is 24.7. The topological polar surface area (TPSA) is 132 Å². The number of halogens is 2. The van der Waals surface area contributed by atoms with Crippen molar-refractivity contribution in [2.45, 2.75) is 37.6 Å². The number of hydrogen-bond donors (Lipinski definition) is 2. The quantitative estimate of drug-likeness (QED) is 0.362. The number of aromatic nitrogens is 5. The molecule has 0 radical (unpaired) electrons. The molecule has 1 aromatic carbocycles. The Hall–Kier alpha value is -4.29. The van der Waals surface area contributed by atoms with E-state index in [-0.39, 0.29) is 41.0 Å². The van der Waals surface area contributed by atoms with E-state index in [0.29, 0.717) is 23.7 Å². The molecule has 4 aliphatic rings. The van der Waals surface area contributed by atoms with Crippen LogP contribution < -0.4 is 10.5 Å². The fraction of sp³-hybridized carbons (Fsp3) is 0.321. The van der Waals surface area contributed by atoms with Crippen molar-refractivity contribution >= 4 is 5.91 Å². The number of aliphatic hydroxyl groups excluding tert-OH is 1. The lowest BCUT2D eigenvalue weighted by Gasteiger charge is -2.22. The SMILES string of the molecule is CC(C)(N)c1cc(O[C@@]23C4[C@H]2[C@H]3CN4C(=O)c2cn(-c3ncccn3)nc2CO)nc(-c2ccc(F)c(F)c2)c1. The highest BCUT2D eigenvalue weighted by atomic mass is 19.2. The Morgan fingerprint density at radius 3 is 2.65 bits per heavy atom. The summed E-state index contributed by atoms with van der Waals surface area (Å²) in [5.74, 6) is -1.25. The summed E-state index contributed by atoms with van der Waals surface area (Å²) < 4.78 is 35.4. The molecule has 12 heteroatoms. The highest BCUT2D eigenvalue weighted by Crippen LogP contribution is 2.80. The highest BCUT2D eigenvalue weighted by Gasteiger charge is 2.96. The molecular weight excluding hydrogens is 520 g/mol. The van der Waals surface area contributed by atoms with E-state index >= 15 is 0 Å². The Morgan fingerprint density at radius 2 is 1.98 bits per heavy atom. The fourth-order valence-electron chi connectivity index (χ4n) is 5.92. The summed E-state index contributed by atoms with van der Waals surface area (Å²) in [7, 11) is 0. The first-order valence-corrected chi connectivity index (χ1v) is 12.9. The van der Waals surface area contributed by atoms with Crippen LogP contribution in [0.15, 0.2) is 55.0 Å². The highest BCUT2D eigenvalue weighted by molar-refractivity contribution is 5.97. The van der Waals surface area contributed by atoms with Crippen LogP contribution in [0.25, 0.3) is 17.2 Å². The van der Waals surface area contributed by atoms with Crippen LogP contribution in [0.1, 0.15) is 35.5 Å². The third-order valence-electron chi connectivity index (χ3n) is 8.08. The van der Waals surface area contributed by atoms with Crippen molar-refractivity contribution < 1.29 is 23.4 Å². The molecule has 204 valence electrons. The number of rotatable bonds is 7. The summed E-state index contributed by atoms with van der Waals surface area (Å²) in [6.45, 7) is 3.76. The second kappa shape index (κ2) is 8.35. The molecule has 3 N–H and O–H groups in total. The number of fused-ring (bicyclic) bond motifs is 1. The molecule has 4 atom stereocenters. The molecule has 2 saturated heterocycles. The standard InChI is InChI=1S/C28H25F2N7O3/c1-27(2,31)15-9-20(14-4-5-18(29)19(30)8-14)34-22(10-15)40-28-17-12-36(24(28)23(17)28)25(39)16-11-37(35-21(16)13-38)26-32-6-3-7-33-26/h3-11,17,23-24,38H,12-13,31H2,1-2H3/t17-,23-,24?,28-/m1/s1. The molecule has 2 aliphatic carbocycles. The largest absolute Gasteiger partial charge is 0.468 e. The average molecular weight is 546 g/mol. The average Bonchev–Trinajstić information content (AvgIpc) is 3.45. The monoisotopic (exact) mass is 545 g/mol. The molecule has 2 bridgehead atoms. The van der Waals surface area contributed by atoms with E-state index in [1.807, 2.05) is 13.8 Å². The van der Waals surface area contributed by atoms with Gasteiger partial charge in [-0.15, -0.1) is 0 Å². The molecule has 4 aromatic rings. The molecule has 2 saturated carbocycles. The number of carbonyl (C=O) groups excluding carboxylic acids is 1. The minimum atomic E-state index is -0.973. The van der Waals surface area contributed by atoms with E-state index in [2.05, 4.69) is 20.1 Å². The minimum Gasteiger partial charge on any atom is -0.468 e. The van der Waals surface area contributed by atoms with Gasteiger partial charge in [-0.05, 0) is 49.7 Å². The van der Waals surface area contributed by atoms with Crippen molar-refractivity contribution in [1.29, 1.82) is 0 Å². The van der Waals surface area contributed by atoms with E-state index in [4.69, 9.17) is 10.5 Å². The number of amides is 1. The van der Waals surface area contributed by atoms with Gasteiger partial charge < -0.3 is 20.5 Å². The summed E-state index contributed by atoms with van der Waals surface area (Å²) >= 11 is 0. The molecule has 8 rings (SSSR count). The lowest BCUT2D eigenvalue weighted by molar-refractivity contribution is 0.0758. The molecule has 0 spiro atoms. The van der Waals surface area contributed by atoms with Crippen LogP contribution in [0.2, 0.25) is 0 Å². The molecule has 2 aliphatic heterocycles. The summed E-state index contributed by atoms with van der Waals surface area (Å²) in [4.78, 5) is 28.2. The lowest BCUT2D eigenvalue weighted by atomic mass is 9.94. The number of hydrogen-bond acceptors (Lipinski definition) is 8. The first-order valence-electron chi connectivity index (χ1n) is 12.9. The van der Waals surface area contributed by atoms with Crippen molar-refractivity contribution in [3.05, 3.63) is 83.4 Å². The van der Waals surface area contributed by atoms with Crippen molar-refractivity contribution in [2.24, 2.45) is 17.6 Å². The summed E-state index contributed by atoms with van der Waals surface area (Å²) in [5.41, 5.74) is 7.11. The van der Waals surface area contributed by atoms with Crippen molar-refractivity contribution in [3.8, 4) is 23.1 Å². The molecule has 4 fully saturated rings. The van der Waals surface area contributed by atoms with Crippen LogP contribution >= 0.6 is 0 Å². The van der Waals surface area contributed by atoms with Crippen LogP contribution in [0, 0.1) is 23.5 Å². The van der Waals surface area contributed by atoms with Gasteiger partial charge in [-0.2, -0.15) is 5.10 Å². The van der Waals surface area contributed by atoms with Crippen LogP contribution in [-0.2, 0) is 12.1 Å². The number of ether oxygens (including phenoxy) is 1. The fourth-order valence-corrected chi connectivity index (χ4v) is 5.92. The zero-order chi connectivity index (χ0) is 28.0. The summed E-state index contributed by atoms with van der Waals surface area (Å²) in [5, 5.41) is 14.2. The molecular formula is C28H25F2N7O3. The van der Waals surface area contributed by atoms with Crippen molar-refractivity contribution in [3.63, 3.8) is 0 Å². The van der Waals surface area contributed by atoms with Gasteiger partial charge in [0.15, 0.2) is 11.6 Å². The molecule has 5 heterocycles. The van der Waals surface area contributed by atoms with Crippen LogP contribution in [0.3, 0.4) is 0 Å².